The summed E-state index contributed by atoms with van der Waals surface area (Å²) in [6.07, 6.45) is -5.84. The number of hydrogen-bond donors (Lipinski definition) is 0. The van der Waals surface area contributed by atoms with Crippen molar-refractivity contribution in [3.8, 4) is 0 Å². The van der Waals surface area contributed by atoms with Crippen molar-refractivity contribution in [2.75, 3.05) is 6.54 Å². The van der Waals surface area contributed by atoms with E-state index in [0.717, 1.165) is 5.56 Å². The van der Waals surface area contributed by atoms with Gasteiger partial charge in [0.15, 0.2) is 0 Å². The summed E-state index contributed by atoms with van der Waals surface area (Å²) in [5.74, 6) is 0. The van der Waals surface area contributed by atoms with Crippen LogP contribution in [0, 0.1) is 0 Å². The third kappa shape index (κ3) is 5.40. The normalized spacial score (nSPS) is 22.3. The lowest BCUT2D eigenvalue weighted by Crippen LogP contribution is -2.48. The van der Waals surface area contributed by atoms with E-state index in [9.17, 15) is 18.0 Å². The number of carbonyl (C=O) groups excluding carboxylic acids is 1. The number of ether oxygens (including phenoxy) is 2. The topological polar surface area (TPSA) is 38.8 Å². The Hall–Kier alpha value is -1.76. The third-order valence-corrected chi connectivity index (χ3v) is 3.65. The molecule has 24 heavy (non-hydrogen) atoms. The summed E-state index contributed by atoms with van der Waals surface area (Å²) in [5.41, 5.74) is 0.143. The lowest BCUT2D eigenvalue weighted by molar-refractivity contribution is -0.346. The highest BCUT2D eigenvalue weighted by Crippen LogP contribution is 2.35. The van der Waals surface area contributed by atoms with Gasteiger partial charge in [0.25, 0.3) is 0 Å². The molecule has 1 saturated heterocycles. The zero-order valence-electron chi connectivity index (χ0n) is 14.0. The third-order valence-electron chi connectivity index (χ3n) is 3.65. The molecule has 1 heterocycles. The highest BCUT2D eigenvalue weighted by Gasteiger charge is 2.40. The molecule has 134 valence electrons. The first-order chi connectivity index (χ1) is 11.1. The number of alkyl halides is 3. The van der Waals surface area contributed by atoms with Crippen molar-refractivity contribution in [2.45, 2.75) is 57.7 Å². The fourth-order valence-corrected chi connectivity index (χ4v) is 2.77. The molecule has 0 radical (unpaired) electrons. The first-order valence-corrected chi connectivity index (χ1v) is 7.84. The van der Waals surface area contributed by atoms with Crippen LogP contribution in [-0.2, 0) is 9.47 Å². The van der Waals surface area contributed by atoms with Crippen LogP contribution in [0.15, 0.2) is 30.3 Å². The number of nitrogens with zero attached hydrogens (tertiary/aromatic N) is 1. The SMILES string of the molecule is CC(C)(C)OC(=O)N1CC(OC(F)(F)F)CCC1c1ccccc1. The molecule has 4 nitrogen and oxygen atoms in total. The van der Waals surface area contributed by atoms with Crippen molar-refractivity contribution in [3.63, 3.8) is 0 Å². The van der Waals surface area contributed by atoms with E-state index in [1.54, 1.807) is 20.8 Å². The van der Waals surface area contributed by atoms with Crippen molar-refractivity contribution in [3.05, 3.63) is 35.9 Å². The van der Waals surface area contributed by atoms with Crippen molar-refractivity contribution < 1.29 is 27.4 Å². The lowest BCUT2D eigenvalue weighted by Gasteiger charge is -2.40. The van der Waals surface area contributed by atoms with Crippen LogP contribution in [0.25, 0.3) is 0 Å². The summed E-state index contributed by atoms with van der Waals surface area (Å²) in [5, 5.41) is 0. The summed E-state index contributed by atoms with van der Waals surface area (Å²) < 4.78 is 47.0. The molecule has 0 N–H and O–H groups in total. The van der Waals surface area contributed by atoms with Crippen LogP contribution < -0.4 is 0 Å². The summed E-state index contributed by atoms with van der Waals surface area (Å²) in [6, 6.07) is 8.90. The molecule has 0 spiro atoms. The molecular weight excluding hydrogens is 323 g/mol. The van der Waals surface area contributed by atoms with Gasteiger partial charge >= 0.3 is 12.5 Å². The Morgan fingerprint density at radius 3 is 2.29 bits per heavy atom. The summed E-state index contributed by atoms with van der Waals surface area (Å²) in [4.78, 5) is 13.8. The lowest BCUT2D eigenvalue weighted by atomic mass is 9.94. The van der Waals surface area contributed by atoms with Crippen LogP contribution in [0.1, 0.15) is 45.2 Å². The molecule has 1 aromatic rings. The summed E-state index contributed by atoms with van der Waals surface area (Å²) >= 11 is 0. The number of piperidine rings is 1. The standard InChI is InChI=1S/C17H22F3NO3/c1-16(2,3)24-15(22)21-11-13(23-17(18,19)20)9-10-14(21)12-7-5-4-6-8-12/h4-8,13-14H,9-11H2,1-3H3. The second-order valence-corrected chi connectivity index (χ2v) is 6.82. The second kappa shape index (κ2) is 7.01. The molecule has 0 aliphatic carbocycles. The first kappa shape index (κ1) is 18.6. The molecule has 2 atom stereocenters. The maximum Gasteiger partial charge on any atom is 0.522 e. The second-order valence-electron chi connectivity index (χ2n) is 6.82. The smallest absolute Gasteiger partial charge is 0.444 e. The van der Waals surface area contributed by atoms with E-state index in [0.29, 0.717) is 6.42 Å². The van der Waals surface area contributed by atoms with Crippen LogP contribution in [0.4, 0.5) is 18.0 Å². The Labute approximate surface area is 139 Å². The highest BCUT2D eigenvalue weighted by atomic mass is 19.4. The van der Waals surface area contributed by atoms with Gasteiger partial charge in [-0.1, -0.05) is 30.3 Å². The number of halogens is 3. The minimum absolute atomic E-state index is 0.159. The van der Waals surface area contributed by atoms with E-state index in [-0.39, 0.29) is 19.0 Å². The summed E-state index contributed by atoms with van der Waals surface area (Å²) in [7, 11) is 0. The van der Waals surface area contributed by atoms with Gasteiger partial charge in [-0.05, 0) is 39.2 Å². The number of carbonyl (C=O) groups is 1. The van der Waals surface area contributed by atoms with Crippen molar-refractivity contribution in [1.29, 1.82) is 0 Å². The van der Waals surface area contributed by atoms with Crippen molar-refractivity contribution in [1.82, 2.24) is 4.90 Å². The molecular formula is C17H22F3NO3. The van der Waals surface area contributed by atoms with Crippen molar-refractivity contribution >= 4 is 6.09 Å². The Balaban J connectivity index is 2.19. The van der Waals surface area contributed by atoms with Crippen LogP contribution in [-0.4, -0.2) is 35.6 Å². The number of likely N-dealkylation sites (tertiary alicyclic amines) is 1. The van der Waals surface area contributed by atoms with E-state index in [1.807, 2.05) is 30.3 Å². The average molecular weight is 345 g/mol. The van der Waals surface area contributed by atoms with Gasteiger partial charge < -0.3 is 4.74 Å². The quantitative estimate of drug-likeness (QED) is 0.782. The maximum absolute atomic E-state index is 12.5. The number of rotatable bonds is 2. The number of amides is 1. The van der Waals surface area contributed by atoms with Gasteiger partial charge in [0.2, 0.25) is 0 Å². The van der Waals surface area contributed by atoms with E-state index in [1.165, 1.54) is 4.90 Å². The van der Waals surface area contributed by atoms with E-state index < -0.39 is 24.2 Å². The average Bonchev–Trinajstić information content (AvgIpc) is 2.44. The molecule has 1 aliphatic rings. The fourth-order valence-electron chi connectivity index (χ4n) is 2.77. The van der Waals surface area contributed by atoms with E-state index in [4.69, 9.17) is 4.74 Å². The van der Waals surface area contributed by atoms with Crippen LogP contribution in [0.3, 0.4) is 0 Å². The number of hydrogen-bond acceptors (Lipinski definition) is 3. The van der Waals surface area contributed by atoms with Gasteiger partial charge in [-0.25, -0.2) is 4.79 Å². The Kier molecular flexibility index (Phi) is 5.42. The van der Waals surface area contributed by atoms with Gasteiger partial charge in [-0.2, -0.15) is 0 Å². The minimum Gasteiger partial charge on any atom is -0.444 e. The van der Waals surface area contributed by atoms with E-state index >= 15 is 0 Å². The highest BCUT2D eigenvalue weighted by molar-refractivity contribution is 5.69. The minimum atomic E-state index is -4.72. The first-order valence-electron chi connectivity index (χ1n) is 7.84. The van der Waals surface area contributed by atoms with Crippen LogP contribution >= 0.6 is 0 Å². The van der Waals surface area contributed by atoms with Gasteiger partial charge in [0, 0.05) is 0 Å². The Morgan fingerprint density at radius 2 is 1.75 bits per heavy atom. The van der Waals surface area contributed by atoms with Gasteiger partial charge in [0.1, 0.15) is 5.60 Å². The maximum atomic E-state index is 12.5. The molecule has 1 amide bonds. The molecule has 0 aromatic heterocycles. The Morgan fingerprint density at radius 1 is 1.12 bits per heavy atom. The molecule has 1 fully saturated rings. The zero-order valence-corrected chi connectivity index (χ0v) is 14.0. The molecule has 1 aliphatic heterocycles. The predicted octanol–water partition coefficient (Wildman–Crippen LogP) is 4.66. The molecule has 7 heteroatoms. The molecule has 0 bridgehead atoms. The fraction of sp³-hybridized carbons (Fsp3) is 0.588. The molecule has 2 rings (SSSR count). The van der Waals surface area contributed by atoms with Gasteiger partial charge in [-0.3, -0.25) is 9.64 Å². The molecule has 0 saturated carbocycles. The largest absolute Gasteiger partial charge is 0.522 e. The molecule has 1 aromatic carbocycles. The summed E-state index contributed by atoms with van der Waals surface area (Å²) in [6.45, 7) is 5.00. The van der Waals surface area contributed by atoms with Crippen LogP contribution in [0.2, 0.25) is 0 Å². The Bertz CT molecular complexity index is 554. The van der Waals surface area contributed by atoms with E-state index in [2.05, 4.69) is 4.74 Å². The molecule has 2 unspecified atom stereocenters. The monoisotopic (exact) mass is 345 g/mol. The number of benzene rings is 1. The van der Waals surface area contributed by atoms with Gasteiger partial charge in [-0.15, -0.1) is 13.2 Å². The van der Waals surface area contributed by atoms with Gasteiger partial charge in [0.05, 0.1) is 18.7 Å². The van der Waals surface area contributed by atoms with Crippen LogP contribution in [0.5, 0.6) is 0 Å². The predicted molar refractivity (Wildman–Crippen MR) is 82.3 cm³/mol. The zero-order chi connectivity index (χ0) is 18.0. The van der Waals surface area contributed by atoms with Crippen molar-refractivity contribution in [2.24, 2.45) is 0 Å².